The Kier molecular flexibility index (Phi) is 6.47. The van der Waals surface area contributed by atoms with E-state index in [1.165, 1.54) is 0 Å². The standard InChI is InChI=1S/C25H24N2O4/c28-24(18-30-21-13-11-20(12-14-21)27-15-5-10-25(27)29)26-17-19-6-4-9-23(16-19)31-22-7-2-1-3-8-22/h1-4,6-9,11-14,16H,5,10,15,17-18H2,(H,26,28). The third kappa shape index (κ3) is 5.63. The quantitative estimate of drug-likeness (QED) is 0.595. The monoisotopic (exact) mass is 416 g/mol. The topological polar surface area (TPSA) is 67.9 Å². The van der Waals surface area contributed by atoms with Crippen molar-refractivity contribution in [3.8, 4) is 17.2 Å². The summed E-state index contributed by atoms with van der Waals surface area (Å²) in [5.74, 6) is 1.99. The average molecular weight is 416 g/mol. The molecule has 1 fully saturated rings. The molecular weight excluding hydrogens is 392 g/mol. The Morgan fingerprint density at radius 2 is 1.68 bits per heavy atom. The molecule has 1 heterocycles. The highest BCUT2D eigenvalue weighted by atomic mass is 16.5. The predicted octanol–water partition coefficient (Wildman–Crippen LogP) is 4.30. The highest BCUT2D eigenvalue weighted by Crippen LogP contribution is 2.24. The van der Waals surface area contributed by atoms with Crippen molar-refractivity contribution in [1.82, 2.24) is 5.32 Å². The Bertz CT molecular complexity index is 1030. The lowest BCUT2D eigenvalue weighted by Gasteiger charge is -2.16. The van der Waals surface area contributed by atoms with Gasteiger partial charge < -0.3 is 19.7 Å². The Labute approximate surface area is 181 Å². The van der Waals surface area contributed by atoms with Crippen LogP contribution in [0.25, 0.3) is 0 Å². The fourth-order valence-electron chi connectivity index (χ4n) is 3.39. The maximum Gasteiger partial charge on any atom is 0.258 e. The van der Waals surface area contributed by atoms with E-state index in [0.29, 0.717) is 24.5 Å². The Hall–Kier alpha value is -3.80. The molecule has 1 saturated heterocycles. The molecule has 31 heavy (non-hydrogen) atoms. The third-order valence-electron chi connectivity index (χ3n) is 4.96. The van der Waals surface area contributed by atoms with Crippen molar-refractivity contribution in [1.29, 1.82) is 0 Å². The minimum absolute atomic E-state index is 0.0812. The van der Waals surface area contributed by atoms with Crippen LogP contribution in [0, 0.1) is 0 Å². The third-order valence-corrected chi connectivity index (χ3v) is 4.96. The molecule has 0 unspecified atom stereocenters. The average Bonchev–Trinajstić information content (AvgIpc) is 3.23. The van der Waals surface area contributed by atoms with Crippen molar-refractivity contribution < 1.29 is 19.1 Å². The minimum Gasteiger partial charge on any atom is -0.484 e. The van der Waals surface area contributed by atoms with Gasteiger partial charge >= 0.3 is 0 Å². The van der Waals surface area contributed by atoms with Crippen molar-refractivity contribution >= 4 is 17.5 Å². The van der Waals surface area contributed by atoms with Crippen LogP contribution < -0.4 is 19.7 Å². The molecule has 0 radical (unpaired) electrons. The summed E-state index contributed by atoms with van der Waals surface area (Å²) in [6.45, 7) is 1.05. The van der Waals surface area contributed by atoms with E-state index in [4.69, 9.17) is 9.47 Å². The number of hydrogen-bond acceptors (Lipinski definition) is 4. The zero-order valence-corrected chi connectivity index (χ0v) is 17.1. The number of carbonyl (C=O) groups is 2. The SMILES string of the molecule is O=C(COc1ccc(N2CCCC2=O)cc1)NCc1cccc(Oc2ccccc2)c1. The van der Waals surface area contributed by atoms with E-state index in [9.17, 15) is 9.59 Å². The van der Waals surface area contributed by atoms with E-state index in [0.717, 1.165) is 30.0 Å². The second-order valence-corrected chi connectivity index (χ2v) is 7.27. The number of hydrogen-bond donors (Lipinski definition) is 1. The van der Waals surface area contributed by atoms with Gasteiger partial charge in [-0.05, 0) is 60.5 Å². The van der Waals surface area contributed by atoms with Gasteiger partial charge in [0.1, 0.15) is 17.2 Å². The summed E-state index contributed by atoms with van der Waals surface area (Å²) in [4.78, 5) is 25.7. The molecule has 6 nitrogen and oxygen atoms in total. The molecule has 0 bridgehead atoms. The van der Waals surface area contributed by atoms with Crippen molar-refractivity contribution in [2.75, 3.05) is 18.1 Å². The van der Waals surface area contributed by atoms with E-state index in [-0.39, 0.29) is 18.4 Å². The number of nitrogens with one attached hydrogen (secondary N) is 1. The van der Waals surface area contributed by atoms with Gasteiger partial charge in [-0.25, -0.2) is 0 Å². The van der Waals surface area contributed by atoms with Gasteiger partial charge in [0.05, 0.1) is 0 Å². The van der Waals surface area contributed by atoms with Crippen LogP contribution in [0.2, 0.25) is 0 Å². The Morgan fingerprint density at radius 1 is 0.903 bits per heavy atom. The van der Waals surface area contributed by atoms with Crippen LogP contribution >= 0.6 is 0 Å². The van der Waals surface area contributed by atoms with Crippen molar-refractivity contribution in [2.24, 2.45) is 0 Å². The molecule has 3 aromatic carbocycles. The van der Waals surface area contributed by atoms with E-state index in [2.05, 4.69) is 5.32 Å². The molecule has 1 aliphatic rings. The lowest BCUT2D eigenvalue weighted by atomic mass is 10.2. The molecule has 4 rings (SSSR count). The number of rotatable bonds is 8. The van der Waals surface area contributed by atoms with Gasteiger partial charge in [-0.2, -0.15) is 0 Å². The van der Waals surface area contributed by atoms with Gasteiger partial charge in [-0.1, -0.05) is 30.3 Å². The molecule has 0 aromatic heterocycles. The predicted molar refractivity (Wildman–Crippen MR) is 118 cm³/mol. The van der Waals surface area contributed by atoms with Gasteiger partial charge in [0.25, 0.3) is 5.91 Å². The van der Waals surface area contributed by atoms with Gasteiger partial charge in [-0.3, -0.25) is 9.59 Å². The summed E-state index contributed by atoms with van der Waals surface area (Å²) in [7, 11) is 0. The molecule has 6 heteroatoms. The summed E-state index contributed by atoms with van der Waals surface area (Å²) >= 11 is 0. The van der Waals surface area contributed by atoms with E-state index in [1.807, 2.05) is 66.7 Å². The summed E-state index contributed by atoms with van der Waals surface area (Å²) in [5, 5.41) is 2.85. The second kappa shape index (κ2) is 9.80. The number of carbonyl (C=O) groups excluding carboxylic acids is 2. The summed E-state index contributed by atoms with van der Waals surface area (Å²) < 4.78 is 11.4. The van der Waals surface area contributed by atoms with Crippen LogP contribution in [-0.4, -0.2) is 25.0 Å². The Balaban J connectivity index is 1.24. The van der Waals surface area contributed by atoms with E-state index < -0.39 is 0 Å². The van der Waals surface area contributed by atoms with Gasteiger partial charge in [0.15, 0.2) is 6.61 Å². The van der Waals surface area contributed by atoms with Crippen LogP contribution in [0.5, 0.6) is 17.2 Å². The van der Waals surface area contributed by atoms with Crippen LogP contribution in [0.4, 0.5) is 5.69 Å². The van der Waals surface area contributed by atoms with Crippen LogP contribution in [0.1, 0.15) is 18.4 Å². The first-order valence-corrected chi connectivity index (χ1v) is 10.3. The molecule has 0 saturated carbocycles. The number of anilines is 1. The summed E-state index contributed by atoms with van der Waals surface area (Å²) in [6, 6.07) is 24.4. The number of benzene rings is 3. The summed E-state index contributed by atoms with van der Waals surface area (Å²) in [5.41, 5.74) is 1.79. The lowest BCUT2D eigenvalue weighted by Crippen LogP contribution is -2.28. The zero-order chi connectivity index (χ0) is 21.5. The first-order valence-electron chi connectivity index (χ1n) is 10.3. The largest absolute Gasteiger partial charge is 0.484 e. The number of nitrogens with zero attached hydrogens (tertiary/aromatic N) is 1. The first kappa shape index (κ1) is 20.5. The van der Waals surface area contributed by atoms with Gasteiger partial charge in [-0.15, -0.1) is 0 Å². The molecule has 3 aromatic rings. The van der Waals surface area contributed by atoms with Gasteiger partial charge in [0.2, 0.25) is 5.91 Å². The molecule has 0 spiro atoms. The maximum atomic E-state index is 12.2. The molecule has 2 amide bonds. The van der Waals surface area contributed by atoms with Crippen LogP contribution in [-0.2, 0) is 16.1 Å². The minimum atomic E-state index is -0.215. The normalized spacial score (nSPS) is 13.2. The van der Waals surface area contributed by atoms with E-state index in [1.54, 1.807) is 17.0 Å². The zero-order valence-electron chi connectivity index (χ0n) is 17.1. The molecule has 1 aliphatic heterocycles. The van der Waals surface area contributed by atoms with Gasteiger partial charge in [0, 0.05) is 25.2 Å². The van der Waals surface area contributed by atoms with Crippen LogP contribution in [0.3, 0.4) is 0 Å². The molecule has 1 N–H and O–H groups in total. The fourth-order valence-corrected chi connectivity index (χ4v) is 3.39. The fraction of sp³-hybridized carbons (Fsp3) is 0.200. The van der Waals surface area contributed by atoms with Crippen LogP contribution in [0.15, 0.2) is 78.9 Å². The number of ether oxygens (including phenoxy) is 2. The Morgan fingerprint density at radius 3 is 2.42 bits per heavy atom. The molecule has 0 aliphatic carbocycles. The maximum absolute atomic E-state index is 12.2. The smallest absolute Gasteiger partial charge is 0.258 e. The first-order chi connectivity index (χ1) is 15.2. The number of amides is 2. The number of para-hydroxylation sites is 1. The lowest BCUT2D eigenvalue weighted by molar-refractivity contribution is -0.123. The molecule has 158 valence electrons. The second-order valence-electron chi connectivity index (χ2n) is 7.27. The summed E-state index contributed by atoms with van der Waals surface area (Å²) in [6.07, 6.45) is 1.48. The van der Waals surface area contributed by atoms with Crippen molar-refractivity contribution in [3.63, 3.8) is 0 Å². The molecule has 0 atom stereocenters. The van der Waals surface area contributed by atoms with Crippen molar-refractivity contribution in [3.05, 3.63) is 84.4 Å². The van der Waals surface area contributed by atoms with Crippen molar-refractivity contribution in [2.45, 2.75) is 19.4 Å². The highest BCUT2D eigenvalue weighted by Gasteiger charge is 2.21. The molecular formula is C25H24N2O4. The van der Waals surface area contributed by atoms with E-state index >= 15 is 0 Å². The highest BCUT2D eigenvalue weighted by molar-refractivity contribution is 5.95.